The second-order valence-electron chi connectivity index (χ2n) is 13.0. The molecule has 1 aromatic rings. The average molecular weight is 613 g/mol. The molecule has 240 valence electrons. The Morgan fingerprint density at radius 2 is 1.50 bits per heavy atom. The number of esters is 1. The van der Waals surface area contributed by atoms with Crippen molar-refractivity contribution in [3.63, 3.8) is 0 Å². The molecule has 2 aliphatic heterocycles. The lowest BCUT2D eigenvalue weighted by Gasteiger charge is -2.34. The molecule has 1 saturated heterocycles. The van der Waals surface area contributed by atoms with E-state index in [-0.39, 0.29) is 24.9 Å². The van der Waals surface area contributed by atoms with Crippen molar-refractivity contribution in [3.05, 3.63) is 42.0 Å². The lowest BCUT2D eigenvalue weighted by molar-refractivity contribution is -0.922. The first-order valence-corrected chi connectivity index (χ1v) is 15.2. The third-order valence-corrected chi connectivity index (χ3v) is 7.62. The van der Waals surface area contributed by atoms with Crippen LogP contribution in [-0.2, 0) is 40.0 Å². The van der Waals surface area contributed by atoms with Crippen LogP contribution in [0.15, 0.2) is 36.4 Å². The van der Waals surface area contributed by atoms with E-state index in [1.807, 2.05) is 32.9 Å². The lowest BCUT2D eigenvalue weighted by atomic mass is 10.0. The lowest BCUT2D eigenvalue weighted by Crippen LogP contribution is -2.54. The van der Waals surface area contributed by atoms with Gasteiger partial charge in [0.15, 0.2) is 6.54 Å². The second kappa shape index (κ2) is 14.6. The Morgan fingerprint density at radius 1 is 0.909 bits per heavy atom. The minimum atomic E-state index is -0.915. The van der Waals surface area contributed by atoms with Crippen molar-refractivity contribution in [3.8, 4) is 0 Å². The fourth-order valence-corrected chi connectivity index (χ4v) is 5.37. The molecular weight excluding hydrogens is 566 g/mol. The van der Waals surface area contributed by atoms with Gasteiger partial charge in [0.05, 0.1) is 13.1 Å². The van der Waals surface area contributed by atoms with Crippen molar-refractivity contribution in [1.29, 1.82) is 0 Å². The molecule has 0 radical (unpaired) electrons. The number of ether oxygens (including phenoxy) is 1. The fourth-order valence-electron chi connectivity index (χ4n) is 5.37. The molecule has 2 aliphatic rings. The summed E-state index contributed by atoms with van der Waals surface area (Å²) in [5, 5.41) is 8.11. The van der Waals surface area contributed by atoms with E-state index < -0.39 is 47.2 Å². The number of hydrogen-bond donors (Lipinski definition) is 3. The number of quaternary nitrogens is 1. The molecule has 44 heavy (non-hydrogen) atoms. The number of likely N-dealkylation sites (tertiary alicyclic amines) is 1. The van der Waals surface area contributed by atoms with Crippen molar-refractivity contribution in [2.24, 2.45) is 5.92 Å². The molecule has 0 aliphatic carbocycles. The van der Waals surface area contributed by atoms with E-state index in [1.165, 1.54) is 0 Å². The monoisotopic (exact) mass is 612 g/mol. The molecule has 0 unspecified atom stereocenters. The molecule has 0 aromatic heterocycles. The number of amides is 5. The topological polar surface area (TPSA) is 151 Å². The molecule has 3 rings (SSSR count). The summed E-state index contributed by atoms with van der Waals surface area (Å²) in [6, 6.07) is 5.64. The highest BCUT2D eigenvalue weighted by atomic mass is 16.6. The number of carbonyl (C=O) groups excluding carboxylic acids is 6. The molecule has 1 fully saturated rings. The van der Waals surface area contributed by atoms with Gasteiger partial charge in [-0.15, -0.1) is 0 Å². The van der Waals surface area contributed by atoms with Gasteiger partial charge >= 0.3 is 5.97 Å². The van der Waals surface area contributed by atoms with Crippen LogP contribution < -0.4 is 16.0 Å². The Kier molecular flexibility index (Phi) is 11.4. The minimum absolute atomic E-state index is 0.0930. The van der Waals surface area contributed by atoms with Gasteiger partial charge in [-0.05, 0) is 45.7 Å². The summed E-state index contributed by atoms with van der Waals surface area (Å²) in [5.74, 6) is -2.89. The third kappa shape index (κ3) is 10.0. The molecule has 0 spiro atoms. The number of benzene rings is 1. The van der Waals surface area contributed by atoms with Gasteiger partial charge in [-0.2, -0.15) is 0 Å². The number of imide groups is 1. The molecule has 3 N–H and O–H groups in total. The summed E-state index contributed by atoms with van der Waals surface area (Å²) in [6.07, 6.45) is 4.25. The molecule has 0 bridgehead atoms. The number of rotatable bonds is 13. The SMILES string of the molecule is CC(C)[C@H](NC(=O)CCN1C(=O)C=CC1=O)C(=O)N[C@@H](C)C(=O)Nc1ccc(C[N+]2(CC(=O)OC(C)(C)C)CCCC2)cc1. The van der Waals surface area contributed by atoms with E-state index in [0.717, 1.165) is 48.5 Å². The Balaban J connectivity index is 1.51. The van der Waals surface area contributed by atoms with Crippen LogP contribution in [0.1, 0.15) is 66.4 Å². The zero-order chi connectivity index (χ0) is 32.7. The minimum Gasteiger partial charge on any atom is -0.456 e. The number of nitrogens with zero attached hydrogens (tertiary/aromatic N) is 2. The highest BCUT2D eigenvalue weighted by molar-refractivity contribution is 6.13. The van der Waals surface area contributed by atoms with Crippen molar-refractivity contribution in [2.45, 2.75) is 85.0 Å². The molecule has 1 aromatic carbocycles. The van der Waals surface area contributed by atoms with Gasteiger partial charge in [-0.3, -0.25) is 28.9 Å². The predicted molar refractivity (Wildman–Crippen MR) is 164 cm³/mol. The highest BCUT2D eigenvalue weighted by Crippen LogP contribution is 2.25. The van der Waals surface area contributed by atoms with Crippen LogP contribution in [-0.4, -0.2) is 88.8 Å². The van der Waals surface area contributed by atoms with Crippen molar-refractivity contribution < 1.29 is 38.0 Å². The first-order valence-electron chi connectivity index (χ1n) is 15.2. The summed E-state index contributed by atoms with van der Waals surface area (Å²) in [4.78, 5) is 75.3. The standard InChI is InChI=1S/C32H45N5O7/c1-21(2)29(35-25(38)15-16-36-26(39)13-14-27(36)40)31(43)33-22(3)30(42)34-24-11-9-23(10-12-24)19-37(17-7-8-18-37)20-28(41)44-32(4,5)6/h9-14,21-22,29H,7-8,15-20H2,1-6H3,(H2-,33,34,35,38,42,43)/p+1/t22-,29-/m0/s1. The maximum Gasteiger partial charge on any atom is 0.362 e. The van der Waals surface area contributed by atoms with Crippen LogP contribution in [0.4, 0.5) is 5.69 Å². The summed E-state index contributed by atoms with van der Waals surface area (Å²) < 4.78 is 6.22. The largest absolute Gasteiger partial charge is 0.456 e. The molecule has 0 saturated carbocycles. The molecule has 2 atom stereocenters. The zero-order valence-electron chi connectivity index (χ0n) is 26.6. The van der Waals surface area contributed by atoms with Gasteiger partial charge in [0, 0.05) is 49.2 Å². The van der Waals surface area contributed by atoms with Crippen LogP contribution in [0, 0.1) is 5.92 Å². The molecule has 2 heterocycles. The van der Waals surface area contributed by atoms with Crippen molar-refractivity contribution in [2.75, 3.05) is 31.5 Å². The number of anilines is 1. The van der Waals surface area contributed by atoms with Crippen molar-refractivity contribution in [1.82, 2.24) is 15.5 Å². The van der Waals surface area contributed by atoms with Gasteiger partial charge in [-0.25, -0.2) is 4.79 Å². The van der Waals surface area contributed by atoms with E-state index in [2.05, 4.69) is 16.0 Å². The summed E-state index contributed by atoms with van der Waals surface area (Å²) in [7, 11) is 0. The summed E-state index contributed by atoms with van der Waals surface area (Å²) >= 11 is 0. The first-order chi connectivity index (χ1) is 20.6. The Morgan fingerprint density at radius 3 is 2.05 bits per heavy atom. The third-order valence-electron chi connectivity index (χ3n) is 7.62. The maximum atomic E-state index is 13.0. The molecule has 5 amide bonds. The second-order valence-corrected chi connectivity index (χ2v) is 13.0. The van der Waals surface area contributed by atoms with Gasteiger partial charge in [-0.1, -0.05) is 26.0 Å². The zero-order valence-corrected chi connectivity index (χ0v) is 26.6. The number of hydrogen-bond acceptors (Lipinski definition) is 7. The van der Waals surface area contributed by atoms with Crippen LogP contribution in [0.5, 0.6) is 0 Å². The van der Waals surface area contributed by atoms with Gasteiger partial charge < -0.3 is 25.2 Å². The number of nitrogens with one attached hydrogen (secondary N) is 3. The van der Waals surface area contributed by atoms with E-state index in [9.17, 15) is 28.8 Å². The first kappa shape index (κ1) is 34.4. The van der Waals surface area contributed by atoms with Crippen LogP contribution in [0.2, 0.25) is 0 Å². The maximum absolute atomic E-state index is 13.0. The highest BCUT2D eigenvalue weighted by Gasteiger charge is 2.36. The predicted octanol–water partition coefficient (Wildman–Crippen LogP) is 2.04. The fraction of sp³-hybridized carbons (Fsp3) is 0.562. The van der Waals surface area contributed by atoms with E-state index >= 15 is 0 Å². The molecular formula is C32H46N5O7+. The van der Waals surface area contributed by atoms with Crippen molar-refractivity contribution >= 4 is 41.2 Å². The Hall–Kier alpha value is -4.06. The Labute approximate surface area is 259 Å². The van der Waals surface area contributed by atoms with E-state index in [1.54, 1.807) is 32.9 Å². The summed E-state index contributed by atoms with van der Waals surface area (Å²) in [6.45, 7) is 13.4. The normalized spacial score (nSPS) is 17.4. The quantitative estimate of drug-likeness (QED) is 0.175. The van der Waals surface area contributed by atoms with Crippen LogP contribution >= 0.6 is 0 Å². The Bertz CT molecular complexity index is 1260. The number of carbonyl (C=O) groups is 6. The molecule has 12 heteroatoms. The van der Waals surface area contributed by atoms with Gasteiger partial charge in [0.25, 0.3) is 11.8 Å². The van der Waals surface area contributed by atoms with E-state index in [4.69, 9.17) is 4.74 Å². The average Bonchev–Trinajstić information content (AvgIpc) is 3.50. The molecule has 12 nitrogen and oxygen atoms in total. The summed E-state index contributed by atoms with van der Waals surface area (Å²) in [5.41, 5.74) is 1.08. The van der Waals surface area contributed by atoms with Crippen LogP contribution in [0.25, 0.3) is 0 Å². The van der Waals surface area contributed by atoms with Gasteiger partial charge in [0.2, 0.25) is 17.7 Å². The smallest absolute Gasteiger partial charge is 0.362 e. The van der Waals surface area contributed by atoms with Gasteiger partial charge in [0.1, 0.15) is 24.2 Å². The van der Waals surface area contributed by atoms with Crippen LogP contribution in [0.3, 0.4) is 0 Å². The van der Waals surface area contributed by atoms with E-state index in [0.29, 0.717) is 23.3 Å².